The maximum absolute atomic E-state index is 6.12. The molecule has 0 spiro atoms. The second-order valence-electron chi connectivity index (χ2n) is 4.11. The molecule has 0 radical (unpaired) electrons. The average molecular weight is 324 g/mol. The number of halogens is 1. The summed E-state index contributed by atoms with van der Waals surface area (Å²) in [7, 11) is 3.11. The number of pyridine rings is 1. The van der Waals surface area contributed by atoms with Crippen molar-refractivity contribution in [3.8, 4) is 11.5 Å². The van der Waals surface area contributed by atoms with Gasteiger partial charge in [-0.05, 0) is 18.2 Å². The number of ether oxygens (including phenoxy) is 2. The number of hydrogen-bond acceptors (Lipinski definition) is 5. The molecule has 1 aromatic carbocycles. The molecule has 5 nitrogen and oxygen atoms in total. The van der Waals surface area contributed by atoms with Crippen molar-refractivity contribution in [1.82, 2.24) is 4.98 Å². The molecule has 0 bridgehead atoms. The third-order valence-corrected chi connectivity index (χ3v) is 3.32. The molecule has 0 aliphatic carbocycles. The Morgan fingerprint density at radius 2 is 1.95 bits per heavy atom. The zero-order chi connectivity index (χ0) is 15.4. The van der Waals surface area contributed by atoms with Crippen molar-refractivity contribution >= 4 is 40.3 Å². The Hall–Kier alpha value is -2.05. The van der Waals surface area contributed by atoms with Gasteiger partial charge in [0, 0.05) is 17.8 Å². The molecule has 1 heterocycles. The number of benzene rings is 1. The van der Waals surface area contributed by atoms with Gasteiger partial charge in [-0.25, -0.2) is 4.98 Å². The first-order valence-corrected chi connectivity index (χ1v) is 6.78. The van der Waals surface area contributed by atoms with Crippen molar-refractivity contribution in [1.29, 1.82) is 0 Å². The van der Waals surface area contributed by atoms with Crippen molar-refractivity contribution in [2.45, 2.75) is 0 Å². The van der Waals surface area contributed by atoms with E-state index in [-0.39, 0.29) is 0 Å². The Kier molecular flexibility index (Phi) is 4.82. The highest BCUT2D eigenvalue weighted by Crippen LogP contribution is 2.36. The zero-order valence-electron chi connectivity index (χ0n) is 11.5. The molecule has 0 aliphatic heterocycles. The van der Waals surface area contributed by atoms with E-state index in [1.165, 1.54) is 0 Å². The lowest BCUT2D eigenvalue weighted by atomic mass is 10.2. The quantitative estimate of drug-likeness (QED) is 0.824. The lowest BCUT2D eigenvalue weighted by Crippen LogP contribution is -2.09. The van der Waals surface area contributed by atoms with Crippen molar-refractivity contribution in [2.75, 3.05) is 19.5 Å². The largest absolute Gasteiger partial charge is 0.495 e. The van der Waals surface area contributed by atoms with Gasteiger partial charge in [-0.2, -0.15) is 0 Å². The minimum Gasteiger partial charge on any atom is -0.495 e. The Morgan fingerprint density at radius 3 is 2.48 bits per heavy atom. The molecular formula is C14H14ClN3O2S. The number of nitrogens with two attached hydrogens (primary N) is 1. The van der Waals surface area contributed by atoms with Crippen molar-refractivity contribution < 1.29 is 9.47 Å². The lowest BCUT2D eigenvalue weighted by Gasteiger charge is -2.13. The van der Waals surface area contributed by atoms with Crippen LogP contribution in [0.25, 0.3) is 0 Å². The molecule has 0 unspecified atom stereocenters. The molecule has 7 heteroatoms. The van der Waals surface area contributed by atoms with Gasteiger partial charge in [0.2, 0.25) is 0 Å². The van der Waals surface area contributed by atoms with E-state index >= 15 is 0 Å². The summed E-state index contributed by atoms with van der Waals surface area (Å²) in [5.41, 5.74) is 6.92. The summed E-state index contributed by atoms with van der Waals surface area (Å²) in [5.74, 6) is 1.75. The fourth-order valence-corrected chi connectivity index (χ4v) is 2.07. The summed E-state index contributed by atoms with van der Waals surface area (Å²) in [6, 6.07) is 6.97. The van der Waals surface area contributed by atoms with E-state index in [0.717, 1.165) is 0 Å². The van der Waals surface area contributed by atoms with E-state index in [9.17, 15) is 0 Å². The van der Waals surface area contributed by atoms with Crippen LogP contribution in [0.15, 0.2) is 30.5 Å². The minimum absolute atomic E-state index is 0.305. The molecule has 110 valence electrons. The van der Waals surface area contributed by atoms with Crippen LogP contribution in [0, 0.1) is 0 Å². The number of anilines is 2. The Balaban J connectivity index is 2.30. The van der Waals surface area contributed by atoms with E-state index in [4.69, 9.17) is 39.0 Å². The zero-order valence-corrected chi connectivity index (χ0v) is 13.1. The van der Waals surface area contributed by atoms with E-state index in [1.54, 1.807) is 44.7 Å². The summed E-state index contributed by atoms with van der Waals surface area (Å²) in [6.07, 6.45) is 1.60. The van der Waals surface area contributed by atoms with Gasteiger partial charge >= 0.3 is 0 Å². The topological polar surface area (TPSA) is 69.4 Å². The average Bonchev–Trinajstić information content (AvgIpc) is 2.48. The summed E-state index contributed by atoms with van der Waals surface area (Å²) < 4.78 is 10.5. The summed E-state index contributed by atoms with van der Waals surface area (Å²) in [5, 5.41) is 3.59. The first-order valence-electron chi connectivity index (χ1n) is 5.99. The van der Waals surface area contributed by atoms with Gasteiger partial charge < -0.3 is 20.5 Å². The van der Waals surface area contributed by atoms with E-state index < -0.39 is 0 Å². The second-order valence-corrected chi connectivity index (χ2v) is 4.96. The summed E-state index contributed by atoms with van der Waals surface area (Å²) >= 11 is 11.0. The highest BCUT2D eigenvalue weighted by molar-refractivity contribution is 7.80. The Labute approximate surface area is 133 Å². The van der Waals surface area contributed by atoms with E-state index in [1.807, 2.05) is 0 Å². The first kappa shape index (κ1) is 15.3. The normalized spacial score (nSPS) is 10.0. The molecular weight excluding hydrogens is 310 g/mol. The van der Waals surface area contributed by atoms with Gasteiger partial charge in [0.15, 0.2) is 0 Å². The number of aromatic nitrogens is 1. The van der Waals surface area contributed by atoms with Gasteiger partial charge in [-0.1, -0.05) is 23.8 Å². The van der Waals surface area contributed by atoms with Crippen LogP contribution in [0.3, 0.4) is 0 Å². The molecule has 2 rings (SSSR count). The van der Waals surface area contributed by atoms with Crippen molar-refractivity contribution in [3.05, 3.63) is 41.0 Å². The molecule has 3 N–H and O–H groups in total. The third kappa shape index (κ3) is 3.53. The van der Waals surface area contributed by atoms with Crippen LogP contribution in [0.2, 0.25) is 5.02 Å². The van der Waals surface area contributed by atoms with Gasteiger partial charge in [0.1, 0.15) is 22.3 Å². The van der Waals surface area contributed by atoms with Gasteiger partial charge in [-0.15, -0.1) is 0 Å². The fourth-order valence-electron chi connectivity index (χ4n) is 1.71. The fraction of sp³-hybridized carbons (Fsp3) is 0.143. The van der Waals surface area contributed by atoms with Crippen LogP contribution in [0.1, 0.15) is 5.56 Å². The third-order valence-electron chi connectivity index (χ3n) is 2.78. The number of nitrogens with one attached hydrogen (secondary N) is 1. The Bertz CT molecular complexity index is 662. The number of nitrogens with zero attached hydrogens (tertiary/aromatic N) is 1. The predicted octanol–water partition coefficient (Wildman–Crippen LogP) is 3.13. The minimum atomic E-state index is 0.305. The van der Waals surface area contributed by atoms with Crippen LogP contribution < -0.4 is 20.5 Å². The van der Waals surface area contributed by atoms with Crippen molar-refractivity contribution in [2.24, 2.45) is 5.73 Å². The van der Waals surface area contributed by atoms with Gasteiger partial charge in [-0.3, -0.25) is 0 Å². The predicted molar refractivity (Wildman–Crippen MR) is 88.0 cm³/mol. The molecule has 0 atom stereocenters. The summed E-state index contributed by atoms with van der Waals surface area (Å²) in [6.45, 7) is 0. The monoisotopic (exact) mass is 323 g/mol. The Morgan fingerprint density at radius 1 is 1.24 bits per heavy atom. The molecule has 0 amide bonds. The van der Waals surface area contributed by atoms with E-state index in [2.05, 4.69) is 10.3 Å². The number of thiocarbonyl (C=S) groups is 1. The van der Waals surface area contributed by atoms with Crippen LogP contribution in [0.5, 0.6) is 11.5 Å². The van der Waals surface area contributed by atoms with Crippen LogP contribution in [-0.4, -0.2) is 24.2 Å². The SMILES string of the molecule is COc1cc(OC)c(Nc2ccc(C(N)=S)cn2)cc1Cl. The highest BCUT2D eigenvalue weighted by Gasteiger charge is 2.10. The summed E-state index contributed by atoms with van der Waals surface area (Å²) in [4.78, 5) is 4.54. The standard InChI is InChI=1S/C14H14ClN3O2S/c1-19-11-6-12(20-2)10(5-9(11)15)18-13-4-3-8(7-17-13)14(16)21/h3-7H,1-2H3,(H2,16,21)(H,17,18). The number of rotatable bonds is 5. The maximum Gasteiger partial charge on any atom is 0.146 e. The molecule has 2 aromatic rings. The van der Waals surface area contributed by atoms with Gasteiger partial charge in [0.05, 0.1) is 24.9 Å². The molecule has 0 saturated heterocycles. The smallest absolute Gasteiger partial charge is 0.146 e. The van der Waals surface area contributed by atoms with Gasteiger partial charge in [0.25, 0.3) is 0 Å². The number of methoxy groups -OCH3 is 2. The van der Waals surface area contributed by atoms with Crippen LogP contribution in [0.4, 0.5) is 11.5 Å². The van der Waals surface area contributed by atoms with Crippen molar-refractivity contribution in [3.63, 3.8) is 0 Å². The highest BCUT2D eigenvalue weighted by atomic mass is 35.5. The van der Waals surface area contributed by atoms with Crippen LogP contribution in [-0.2, 0) is 0 Å². The number of hydrogen-bond donors (Lipinski definition) is 2. The van der Waals surface area contributed by atoms with E-state index in [0.29, 0.717) is 38.6 Å². The second kappa shape index (κ2) is 6.60. The van der Waals surface area contributed by atoms with Crippen LogP contribution >= 0.6 is 23.8 Å². The molecule has 0 aliphatic rings. The molecule has 0 fully saturated rings. The maximum atomic E-state index is 6.12. The molecule has 0 saturated carbocycles. The molecule has 1 aromatic heterocycles. The first-order chi connectivity index (χ1) is 10.0. The lowest BCUT2D eigenvalue weighted by molar-refractivity contribution is 0.396. The molecule has 21 heavy (non-hydrogen) atoms.